The van der Waals surface area contributed by atoms with Gasteiger partial charge in [-0.3, -0.25) is 9.63 Å². The Kier molecular flexibility index (Phi) is 3.93. The van der Waals surface area contributed by atoms with Crippen LogP contribution in [0.5, 0.6) is 11.5 Å². The first-order valence-corrected chi connectivity index (χ1v) is 4.29. The monoisotopic (exact) mass is 211 g/mol. The lowest BCUT2D eigenvalue weighted by Gasteiger charge is -2.11. The molecule has 1 aromatic rings. The number of methoxy groups -OCH3 is 2. The summed E-state index contributed by atoms with van der Waals surface area (Å²) >= 11 is 0. The highest BCUT2D eigenvalue weighted by Gasteiger charge is 2.17. The highest BCUT2D eigenvalue weighted by atomic mass is 16.6. The third kappa shape index (κ3) is 2.38. The molecule has 82 valence electrons. The highest BCUT2D eigenvalue weighted by Crippen LogP contribution is 2.27. The van der Waals surface area contributed by atoms with Crippen LogP contribution in [0.15, 0.2) is 18.2 Å². The summed E-state index contributed by atoms with van der Waals surface area (Å²) in [5, 5.41) is 0. The molecule has 0 saturated heterocycles. The van der Waals surface area contributed by atoms with E-state index >= 15 is 0 Å². The van der Waals surface area contributed by atoms with Crippen molar-refractivity contribution in [2.45, 2.75) is 0 Å². The van der Waals surface area contributed by atoms with E-state index < -0.39 is 5.91 Å². The summed E-state index contributed by atoms with van der Waals surface area (Å²) in [6.45, 7) is 0. The summed E-state index contributed by atoms with van der Waals surface area (Å²) in [6, 6.07) is 5.08. The van der Waals surface area contributed by atoms with Gasteiger partial charge in [0.1, 0.15) is 17.1 Å². The van der Waals surface area contributed by atoms with Gasteiger partial charge in [-0.1, -0.05) is 6.07 Å². The molecule has 0 aliphatic rings. The lowest BCUT2D eigenvalue weighted by atomic mass is 10.1. The third-order valence-electron chi connectivity index (χ3n) is 1.85. The van der Waals surface area contributed by atoms with E-state index in [9.17, 15) is 4.79 Å². The molecule has 0 aromatic heterocycles. The van der Waals surface area contributed by atoms with Gasteiger partial charge in [0.15, 0.2) is 0 Å². The molecule has 0 radical (unpaired) electrons. The van der Waals surface area contributed by atoms with Gasteiger partial charge in [-0.2, -0.15) is 0 Å². The molecule has 0 saturated carbocycles. The highest BCUT2D eigenvalue weighted by molar-refractivity contribution is 5.99. The quantitative estimate of drug-likeness (QED) is 0.755. The number of rotatable bonds is 4. The lowest BCUT2D eigenvalue weighted by molar-refractivity contribution is 0.0532. The van der Waals surface area contributed by atoms with E-state index in [1.165, 1.54) is 21.3 Å². The topological polar surface area (TPSA) is 56.8 Å². The van der Waals surface area contributed by atoms with Crippen LogP contribution >= 0.6 is 0 Å². The van der Waals surface area contributed by atoms with Crippen molar-refractivity contribution in [2.75, 3.05) is 21.3 Å². The summed E-state index contributed by atoms with van der Waals surface area (Å²) in [6.07, 6.45) is 0. The van der Waals surface area contributed by atoms with Crippen molar-refractivity contribution in [3.8, 4) is 11.5 Å². The molecule has 5 heteroatoms. The van der Waals surface area contributed by atoms with Crippen LogP contribution in [0.2, 0.25) is 0 Å². The molecule has 1 N–H and O–H groups in total. The zero-order valence-corrected chi connectivity index (χ0v) is 8.87. The first-order chi connectivity index (χ1) is 7.24. The number of carbonyl (C=O) groups is 1. The third-order valence-corrected chi connectivity index (χ3v) is 1.85. The summed E-state index contributed by atoms with van der Waals surface area (Å²) < 4.78 is 10.1. The number of benzene rings is 1. The van der Waals surface area contributed by atoms with Gasteiger partial charge in [-0.25, -0.2) is 5.48 Å². The average Bonchev–Trinajstić information content (AvgIpc) is 2.28. The number of ether oxygens (including phenoxy) is 2. The largest absolute Gasteiger partial charge is 0.496 e. The van der Waals surface area contributed by atoms with Crippen molar-refractivity contribution >= 4 is 5.91 Å². The van der Waals surface area contributed by atoms with Crippen LogP contribution in [0.4, 0.5) is 0 Å². The minimum atomic E-state index is -0.410. The number of hydrogen-bond donors (Lipinski definition) is 1. The van der Waals surface area contributed by atoms with Gasteiger partial charge in [0.05, 0.1) is 21.3 Å². The SMILES string of the molecule is CONC(=O)c1c(OC)cccc1OC. The van der Waals surface area contributed by atoms with Crippen molar-refractivity contribution in [1.82, 2.24) is 5.48 Å². The molecule has 0 unspecified atom stereocenters. The van der Waals surface area contributed by atoms with Gasteiger partial charge < -0.3 is 9.47 Å². The van der Waals surface area contributed by atoms with Crippen LogP contribution in [0.25, 0.3) is 0 Å². The first-order valence-electron chi connectivity index (χ1n) is 4.29. The Morgan fingerprint density at radius 2 is 1.67 bits per heavy atom. The number of carbonyl (C=O) groups excluding carboxylic acids is 1. The second-order valence-electron chi connectivity index (χ2n) is 2.67. The Morgan fingerprint density at radius 3 is 2.07 bits per heavy atom. The smallest absolute Gasteiger partial charge is 0.282 e. The fourth-order valence-corrected chi connectivity index (χ4v) is 1.22. The van der Waals surface area contributed by atoms with Gasteiger partial charge in [-0.15, -0.1) is 0 Å². The van der Waals surface area contributed by atoms with Crippen LogP contribution in [0, 0.1) is 0 Å². The predicted molar refractivity (Wildman–Crippen MR) is 54.0 cm³/mol. The average molecular weight is 211 g/mol. The summed E-state index contributed by atoms with van der Waals surface area (Å²) in [7, 11) is 4.33. The molecule has 0 spiro atoms. The maximum absolute atomic E-state index is 11.6. The molecule has 0 bridgehead atoms. The maximum atomic E-state index is 11.6. The molecule has 5 nitrogen and oxygen atoms in total. The van der Waals surface area contributed by atoms with Crippen molar-refractivity contribution in [2.24, 2.45) is 0 Å². The fraction of sp³-hybridized carbons (Fsp3) is 0.300. The second-order valence-corrected chi connectivity index (χ2v) is 2.67. The van der Waals surface area contributed by atoms with Crippen molar-refractivity contribution in [3.05, 3.63) is 23.8 Å². The van der Waals surface area contributed by atoms with Crippen molar-refractivity contribution in [1.29, 1.82) is 0 Å². The van der Waals surface area contributed by atoms with Crippen LogP contribution < -0.4 is 15.0 Å². The molecule has 0 aliphatic heterocycles. The van der Waals surface area contributed by atoms with E-state index in [0.717, 1.165) is 0 Å². The summed E-state index contributed by atoms with van der Waals surface area (Å²) in [5.74, 6) is 0.458. The number of nitrogens with one attached hydrogen (secondary N) is 1. The normalized spacial score (nSPS) is 9.53. The van der Waals surface area contributed by atoms with E-state index in [-0.39, 0.29) is 0 Å². The van der Waals surface area contributed by atoms with Gasteiger partial charge in [0, 0.05) is 0 Å². The minimum Gasteiger partial charge on any atom is -0.496 e. The van der Waals surface area contributed by atoms with E-state index in [4.69, 9.17) is 9.47 Å². The molecule has 1 aromatic carbocycles. The van der Waals surface area contributed by atoms with Gasteiger partial charge in [-0.05, 0) is 12.1 Å². The molecule has 0 fully saturated rings. The number of hydrogen-bond acceptors (Lipinski definition) is 4. The standard InChI is InChI=1S/C10H13NO4/c1-13-7-5-4-6-8(14-2)9(7)10(12)11-15-3/h4-6H,1-3H3,(H,11,12). The van der Waals surface area contributed by atoms with Crippen LogP contribution in [-0.4, -0.2) is 27.2 Å². The Bertz CT molecular complexity index is 329. The predicted octanol–water partition coefficient (Wildman–Crippen LogP) is 0.995. The van der Waals surface area contributed by atoms with Gasteiger partial charge in [0.2, 0.25) is 0 Å². The Labute approximate surface area is 87.9 Å². The number of amides is 1. The zero-order chi connectivity index (χ0) is 11.3. The molecule has 0 atom stereocenters. The summed E-state index contributed by atoms with van der Waals surface area (Å²) in [4.78, 5) is 16.2. The van der Waals surface area contributed by atoms with E-state index in [1.807, 2.05) is 0 Å². The van der Waals surface area contributed by atoms with Gasteiger partial charge in [0.25, 0.3) is 5.91 Å². The van der Waals surface area contributed by atoms with E-state index in [1.54, 1.807) is 18.2 Å². The zero-order valence-electron chi connectivity index (χ0n) is 8.87. The number of hydroxylamine groups is 1. The second kappa shape index (κ2) is 5.21. The first kappa shape index (κ1) is 11.3. The molecular weight excluding hydrogens is 198 g/mol. The molecule has 15 heavy (non-hydrogen) atoms. The van der Waals surface area contributed by atoms with E-state index in [0.29, 0.717) is 17.1 Å². The molecular formula is C10H13NO4. The summed E-state index contributed by atoms with van der Waals surface area (Å²) in [5.41, 5.74) is 2.52. The molecule has 0 aliphatic carbocycles. The van der Waals surface area contributed by atoms with Crippen LogP contribution in [0.3, 0.4) is 0 Å². The van der Waals surface area contributed by atoms with Gasteiger partial charge >= 0.3 is 0 Å². The van der Waals surface area contributed by atoms with Crippen molar-refractivity contribution in [3.63, 3.8) is 0 Å². The Balaban J connectivity index is 3.15. The lowest BCUT2D eigenvalue weighted by Crippen LogP contribution is -2.23. The minimum absolute atomic E-state index is 0.310. The van der Waals surface area contributed by atoms with Crippen LogP contribution in [-0.2, 0) is 4.84 Å². The Hall–Kier alpha value is -1.75. The maximum Gasteiger partial charge on any atom is 0.282 e. The molecule has 1 rings (SSSR count). The van der Waals surface area contributed by atoms with E-state index in [2.05, 4.69) is 10.3 Å². The van der Waals surface area contributed by atoms with Crippen LogP contribution in [0.1, 0.15) is 10.4 Å². The molecule has 0 heterocycles. The van der Waals surface area contributed by atoms with Crippen molar-refractivity contribution < 1.29 is 19.1 Å². The molecule has 1 amide bonds. The Morgan fingerprint density at radius 1 is 1.13 bits per heavy atom. The fourth-order valence-electron chi connectivity index (χ4n) is 1.22.